The summed E-state index contributed by atoms with van der Waals surface area (Å²) in [4.78, 5) is 13.2. The van der Waals surface area contributed by atoms with E-state index in [4.69, 9.17) is 4.74 Å². The highest BCUT2D eigenvalue weighted by atomic mass is 32.2. The van der Waals surface area contributed by atoms with Crippen LogP contribution in [0.25, 0.3) is 0 Å². The fraction of sp³-hybridized carbons (Fsp3) is 0.435. The van der Waals surface area contributed by atoms with E-state index in [1.165, 1.54) is 24.0 Å². The van der Waals surface area contributed by atoms with Gasteiger partial charge in [-0.05, 0) is 54.0 Å². The molecule has 0 N–H and O–H groups in total. The third kappa shape index (κ3) is 3.89. The molecule has 2 aliphatic rings. The smallest absolute Gasteiger partial charge is 0.166 e. The molecule has 0 heterocycles. The zero-order valence-corrected chi connectivity index (χ0v) is 16.1. The highest BCUT2D eigenvalue weighted by Gasteiger charge is 2.35. The van der Waals surface area contributed by atoms with Gasteiger partial charge in [0.2, 0.25) is 0 Å². The molecule has 2 aromatic carbocycles. The van der Waals surface area contributed by atoms with Crippen molar-refractivity contribution < 1.29 is 9.53 Å². The fourth-order valence-electron chi connectivity index (χ4n) is 4.02. The molecule has 1 fully saturated rings. The van der Waals surface area contributed by atoms with Crippen LogP contribution in [0, 0.1) is 11.8 Å². The standard InChI is InChI=1S/C23H26O2S/c1-26-23-19(13-18-9-5-6-10-20(18)23)14-21(24)22(25-15-16-11-12-16)17-7-3-2-4-8-17/h2-10,16,19,22-23H,11-15H2,1H3. The molecule has 0 amide bonds. The molecule has 0 bridgehead atoms. The molecule has 0 saturated heterocycles. The predicted octanol–water partition coefficient (Wildman–Crippen LogP) is 5.39. The van der Waals surface area contributed by atoms with Crippen LogP contribution in [0.15, 0.2) is 54.6 Å². The summed E-state index contributed by atoms with van der Waals surface area (Å²) in [6.45, 7) is 0.710. The van der Waals surface area contributed by atoms with Crippen LogP contribution in [0.5, 0.6) is 0 Å². The second-order valence-electron chi connectivity index (χ2n) is 7.56. The van der Waals surface area contributed by atoms with Gasteiger partial charge in [-0.15, -0.1) is 0 Å². The van der Waals surface area contributed by atoms with Gasteiger partial charge >= 0.3 is 0 Å². The number of ketones is 1. The summed E-state index contributed by atoms with van der Waals surface area (Å²) < 4.78 is 6.11. The first-order valence-corrected chi connectivity index (χ1v) is 10.8. The van der Waals surface area contributed by atoms with Gasteiger partial charge in [0.15, 0.2) is 5.78 Å². The molecule has 0 aromatic heterocycles. The van der Waals surface area contributed by atoms with Crippen molar-refractivity contribution in [2.75, 3.05) is 12.9 Å². The van der Waals surface area contributed by atoms with Crippen LogP contribution in [0.3, 0.4) is 0 Å². The topological polar surface area (TPSA) is 26.3 Å². The molecular formula is C23H26O2S. The number of thioether (sulfide) groups is 1. The lowest BCUT2D eigenvalue weighted by Crippen LogP contribution is -2.21. The average molecular weight is 367 g/mol. The number of Topliss-reactive ketones (excluding diaryl/α,β-unsaturated/α-hetero) is 1. The maximum absolute atomic E-state index is 13.2. The first kappa shape index (κ1) is 17.8. The first-order valence-electron chi connectivity index (χ1n) is 9.56. The Morgan fingerprint density at radius 2 is 1.85 bits per heavy atom. The van der Waals surface area contributed by atoms with E-state index in [1.807, 2.05) is 42.1 Å². The van der Waals surface area contributed by atoms with Gasteiger partial charge in [-0.3, -0.25) is 4.79 Å². The van der Waals surface area contributed by atoms with Crippen molar-refractivity contribution in [2.24, 2.45) is 11.8 Å². The van der Waals surface area contributed by atoms with Crippen molar-refractivity contribution in [2.45, 2.75) is 37.0 Å². The van der Waals surface area contributed by atoms with Crippen molar-refractivity contribution in [3.05, 3.63) is 71.3 Å². The number of carbonyl (C=O) groups excluding carboxylic acids is 1. The van der Waals surface area contributed by atoms with Crippen LogP contribution in [0.1, 0.15) is 47.3 Å². The number of benzene rings is 2. The number of hydrogen-bond acceptors (Lipinski definition) is 3. The van der Waals surface area contributed by atoms with Crippen molar-refractivity contribution in [3.63, 3.8) is 0 Å². The van der Waals surface area contributed by atoms with E-state index in [1.54, 1.807) is 0 Å². The summed E-state index contributed by atoms with van der Waals surface area (Å²) in [6, 6.07) is 18.7. The molecule has 1 saturated carbocycles. The lowest BCUT2D eigenvalue weighted by Gasteiger charge is -2.22. The minimum atomic E-state index is -0.414. The molecule has 3 atom stereocenters. The van der Waals surface area contributed by atoms with Crippen LogP contribution in [-0.2, 0) is 16.0 Å². The highest BCUT2D eigenvalue weighted by Crippen LogP contribution is 2.46. The van der Waals surface area contributed by atoms with Crippen LogP contribution in [-0.4, -0.2) is 18.6 Å². The molecule has 4 rings (SSSR count). The molecule has 0 spiro atoms. The maximum Gasteiger partial charge on any atom is 0.166 e. The van der Waals surface area contributed by atoms with Crippen molar-refractivity contribution in [1.29, 1.82) is 0 Å². The van der Waals surface area contributed by atoms with Crippen LogP contribution < -0.4 is 0 Å². The molecule has 2 nitrogen and oxygen atoms in total. The quantitative estimate of drug-likeness (QED) is 0.626. The molecule has 136 valence electrons. The van der Waals surface area contributed by atoms with Crippen LogP contribution in [0.2, 0.25) is 0 Å². The largest absolute Gasteiger partial charge is 0.365 e. The lowest BCUT2D eigenvalue weighted by atomic mass is 9.94. The average Bonchev–Trinajstić information content (AvgIpc) is 3.42. The number of rotatable bonds is 8. The second kappa shape index (κ2) is 7.98. The Balaban J connectivity index is 1.49. The lowest BCUT2D eigenvalue weighted by molar-refractivity contribution is -0.132. The summed E-state index contributed by atoms with van der Waals surface area (Å²) in [5.74, 6) is 1.25. The predicted molar refractivity (Wildman–Crippen MR) is 107 cm³/mol. The molecule has 26 heavy (non-hydrogen) atoms. The minimum absolute atomic E-state index is 0.230. The number of ether oxygens (including phenoxy) is 1. The fourth-order valence-corrected chi connectivity index (χ4v) is 5.09. The van der Waals surface area contributed by atoms with E-state index < -0.39 is 6.10 Å². The van der Waals surface area contributed by atoms with Gasteiger partial charge in [0.25, 0.3) is 0 Å². The summed E-state index contributed by atoms with van der Waals surface area (Å²) in [6.07, 6.45) is 5.80. The third-order valence-corrected chi connectivity index (χ3v) is 6.73. The highest BCUT2D eigenvalue weighted by molar-refractivity contribution is 7.98. The molecule has 3 heteroatoms. The van der Waals surface area contributed by atoms with E-state index in [0.717, 1.165) is 12.0 Å². The summed E-state index contributed by atoms with van der Waals surface area (Å²) in [7, 11) is 0. The SMILES string of the molecule is CSC1c2ccccc2CC1CC(=O)C(OCC1CC1)c1ccccc1. The Morgan fingerprint density at radius 1 is 1.12 bits per heavy atom. The van der Waals surface area contributed by atoms with E-state index in [2.05, 4.69) is 30.5 Å². The number of carbonyl (C=O) groups is 1. The molecule has 0 aliphatic heterocycles. The van der Waals surface area contributed by atoms with Crippen molar-refractivity contribution >= 4 is 17.5 Å². The van der Waals surface area contributed by atoms with Gasteiger partial charge in [-0.1, -0.05) is 54.6 Å². The van der Waals surface area contributed by atoms with E-state index in [-0.39, 0.29) is 5.78 Å². The zero-order valence-electron chi connectivity index (χ0n) is 15.3. The normalized spacial score (nSPS) is 22.8. The Kier molecular flexibility index (Phi) is 5.46. The monoisotopic (exact) mass is 366 g/mol. The zero-order chi connectivity index (χ0) is 17.9. The van der Waals surface area contributed by atoms with Gasteiger partial charge in [0.05, 0.1) is 6.61 Å². The van der Waals surface area contributed by atoms with Crippen LogP contribution in [0.4, 0.5) is 0 Å². The second-order valence-corrected chi connectivity index (χ2v) is 8.54. The van der Waals surface area contributed by atoms with Crippen molar-refractivity contribution in [3.8, 4) is 0 Å². The first-order chi connectivity index (χ1) is 12.8. The minimum Gasteiger partial charge on any atom is -0.365 e. The van der Waals surface area contributed by atoms with E-state index >= 15 is 0 Å². The van der Waals surface area contributed by atoms with Gasteiger partial charge in [0.1, 0.15) is 6.10 Å². The maximum atomic E-state index is 13.2. The van der Waals surface area contributed by atoms with Crippen LogP contribution >= 0.6 is 11.8 Å². The Morgan fingerprint density at radius 3 is 2.58 bits per heavy atom. The van der Waals surface area contributed by atoms with Gasteiger partial charge in [-0.25, -0.2) is 0 Å². The molecular weight excluding hydrogens is 340 g/mol. The van der Waals surface area contributed by atoms with E-state index in [0.29, 0.717) is 30.1 Å². The van der Waals surface area contributed by atoms with Gasteiger partial charge in [0, 0.05) is 11.7 Å². The number of fused-ring (bicyclic) bond motifs is 1. The molecule has 2 aromatic rings. The van der Waals surface area contributed by atoms with E-state index in [9.17, 15) is 4.79 Å². The third-order valence-electron chi connectivity index (χ3n) is 5.58. The van der Waals surface area contributed by atoms with Crippen molar-refractivity contribution in [1.82, 2.24) is 0 Å². The summed E-state index contributed by atoms with van der Waals surface area (Å²) >= 11 is 1.87. The molecule has 3 unspecified atom stereocenters. The molecule has 0 radical (unpaired) electrons. The van der Waals surface area contributed by atoms with Gasteiger partial charge in [-0.2, -0.15) is 11.8 Å². The molecule has 2 aliphatic carbocycles. The summed E-state index contributed by atoms with van der Waals surface area (Å²) in [5, 5.41) is 0.412. The number of hydrogen-bond donors (Lipinski definition) is 0. The Bertz CT molecular complexity index is 754. The van der Waals surface area contributed by atoms with Gasteiger partial charge < -0.3 is 4.74 Å². The Hall–Kier alpha value is -1.58. The Labute approximate surface area is 160 Å². The summed E-state index contributed by atoms with van der Waals surface area (Å²) in [5.41, 5.74) is 3.81.